The maximum atomic E-state index is 10.9. The van der Waals surface area contributed by atoms with Gasteiger partial charge in [-0.3, -0.25) is 8.37 Å². The van der Waals surface area contributed by atoms with Crippen LogP contribution in [0.2, 0.25) is 0 Å². The smallest absolute Gasteiger partial charge is 0.424 e. The molecular formula is C7H12O9S2. The van der Waals surface area contributed by atoms with Crippen molar-refractivity contribution in [2.75, 3.05) is 25.7 Å². The van der Waals surface area contributed by atoms with E-state index in [0.717, 1.165) is 12.5 Å². The first-order valence-corrected chi connectivity index (χ1v) is 8.26. The van der Waals surface area contributed by atoms with Gasteiger partial charge in [-0.2, -0.15) is 16.8 Å². The molecule has 0 N–H and O–H groups in total. The Morgan fingerprint density at radius 2 is 1.28 bits per heavy atom. The molecule has 1 saturated heterocycles. The minimum atomic E-state index is -3.70. The predicted molar refractivity (Wildman–Crippen MR) is 56.7 cm³/mol. The fraction of sp³-hybridized carbons (Fsp3) is 0.857. The van der Waals surface area contributed by atoms with E-state index in [1.165, 1.54) is 0 Å². The molecule has 18 heavy (non-hydrogen) atoms. The Kier molecular flexibility index (Phi) is 4.53. The predicted octanol–water partition coefficient (Wildman–Crippen LogP) is -1.16. The monoisotopic (exact) mass is 304 g/mol. The minimum Gasteiger partial charge on any atom is -0.424 e. The molecule has 1 heterocycles. The SMILES string of the molecule is CS(=O)(=O)OCC1OC(=O)OC1COS(C)(=O)=O. The van der Waals surface area contributed by atoms with Crippen molar-refractivity contribution in [2.45, 2.75) is 12.2 Å². The normalized spacial score (nSPS) is 24.7. The second-order valence-electron chi connectivity index (χ2n) is 3.54. The van der Waals surface area contributed by atoms with Crippen molar-refractivity contribution in [3.05, 3.63) is 0 Å². The first-order chi connectivity index (χ1) is 8.07. The average Bonchev–Trinajstić information content (AvgIpc) is 2.51. The van der Waals surface area contributed by atoms with E-state index in [9.17, 15) is 21.6 Å². The number of cyclic esters (lactones) is 2. The van der Waals surface area contributed by atoms with E-state index in [4.69, 9.17) is 0 Å². The molecule has 0 amide bonds. The number of hydrogen-bond acceptors (Lipinski definition) is 9. The summed E-state index contributed by atoms with van der Waals surface area (Å²) in [5, 5.41) is 0. The number of hydrogen-bond donors (Lipinski definition) is 0. The first-order valence-electron chi connectivity index (χ1n) is 4.63. The van der Waals surface area contributed by atoms with Crippen molar-refractivity contribution in [1.82, 2.24) is 0 Å². The summed E-state index contributed by atoms with van der Waals surface area (Å²) in [6, 6.07) is 0. The van der Waals surface area contributed by atoms with Crippen LogP contribution in [0.25, 0.3) is 0 Å². The van der Waals surface area contributed by atoms with Crippen LogP contribution in [0.4, 0.5) is 4.79 Å². The molecule has 0 radical (unpaired) electrons. The lowest BCUT2D eigenvalue weighted by Crippen LogP contribution is -2.33. The second kappa shape index (κ2) is 5.38. The van der Waals surface area contributed by atoms with Crippen LogP contribution in [0.3, 0.4) is 0 Å². The number of carbonyl (C=O) groups excluding carboxylic acids is 1. The van der Waals surface area contributed by atoms with Gasteiger partial charge in [-0.05, 0) is 0 Å². The van der Waals surface area contributed by atoms with Gasteiger partial charge in [0.05, 0.1) is 12.5 Å². The lowest BCUT2D eigenvalue weighted by Gasteiger charge is -2.13. The van der Waals surface area contributed by atoms with Crippen molar-refractivity contribution in [1.29, 1.82) is 0 Å². The van der Waals surface area contributed by atoms with Gasteiger partial charge >= 0.3 is 6.16 Å². The molecule has 9 nitrogen and oxygen atoms in total. The standard InChI is InChI=1S/C7H12O9S2/c1-17(9,10)13-3-5-6(16-7(8)15-5)4-14-18(2,11)12/h5-6H,3-4H2,1-2H3. The quantitative estimate of drug-likeness (QED) is 0.441. The van der Waals surface area contributed by atoms with Gasteiger partial charge in [-0.15, -0.1) is 0 Å². The second-order valence-corrected chi connectivity index (χ2v) is 6.83. The average molecular weight is 304 g/mol. The molecule has 106 valence electrons. The van der Waals surface area contributed by atoms with E-state index in [2.05, 4.69) is 17.8 Å². The van der Waals surface area contributed by atoms with Crippen LogP contribution < -0.4 is 0 Å². The molecule has 0 aromatic carbocycles. The molecule has 1 aliphatic rings. The lowest BCUT2D eigenvalue weighted by molar-refractivity contribution is 0.0713. The summed E-state index contributed by atoms with van der Waals surface area (Å²) < 4.78 is 61.1. The highest BCUT2D eigenvalue weighted by Gasteiger charge is 2.38. The molecule has 0 bridgehead atoms. The summed E-state index contributed by atoms with van der Waals surface area (Å²) in [6.45, 7) is -0.940. The fourth-order valence-corrected chi connectivity index (χ4v) is 1.85. The summed E-state index contributed by atoms with van der Waals surface area (Å²) in [6.07, 6.45) is -1.48. The third kappa shape index (κ3) is 5.62. The Labute approximate surface area is 104 Å². The van der Waals surface area contributed by atoms with Crippen LogP contribution in [0.5, 0.6) is 0 Å². The number of ether oxygens (including phenoxy) is 2. The Bertz CT molecular complexity index is 459. The van der Waals surface area contributed by atoms with E-state index in [-0.39, 0.29) is 0 Å². The highest BCUT2D eigenvalue weighted by molar-refractivity contribution is 7.86. The molecule has 0 aromatic heterocycles. The first kappa shape index (κ1) is 15.1. The molecule has 2 unspecified atom stereocenters. The molecular weight excluding hydrogens is 292 g/mol. The summed E-state index contributed by atoms with van der Waals surface area (Å²) in [4.78, 5) is 10.9. The van der Waals surface area contributed by atoms with Gasteiger partial charge in [-0.25, -0.2) is 4.79 Å². The van der Waals surface area contributed by atoms with Crippen LogP contribution in [-0.2, 0) is 38.1 Å². The van der Waals surface area contributed by atoms with Crippen LogP contribution in [-0.4, -0.2) is 60.9 Å². The molecule has 2 atom stereocenters. The summed E-state index contributed by atoms with van der Waals surface area (Å²) in [7, 11) is -7.40. The molecule has 0 spiro atoms. The third-order valence-electron chi connectivity index (χ3n) is 1.80. The Morgan fingerprint density at radius 3 is 1.56 bits per heavy atom. The largest absolute Gasteiger partial charge is 0.509 e. The minimum absolute atomic E-state index is 0.470. The fourth-order valence-electron chi connectivity index (χ4n) is 1.09. The Morgan fingerprint density at radius 1 is 0.944 bits per heavy atom. The maximum Gasteiger partial charge on any atom is 0.509 e. The summed E-state index contributed by atoms with van der Waals surface area (Å²) in [5.41, 5.74) is 0. The van der Waals surface area contributed by atoms with E-state index < -0.39 is 51.8 Å². The van der Waals surface area contributed by atoms with Crippen molar-refractivity contribution in [2.24, 2.45) is 0 Å². The third-order valence-corrected chi connectivity index (χ3v) is 2.93. The van der Waals surface area contributed by atoms with Gasteiger partial charge in [0.2, 0.25) is 0 Å². The van der Waals surface area contributed by atoms with E-state index in [1.54, 1.807) is 0 Å². The van der Waals surface area contributed by atoms with Crippen molar-refractivity contribution >= 4 is 26.4 Å². The zero-order chi connectivity index (χ0) is 14.0. The highest BCUT2D eigenvalue weighted by Crippen LogP contribution is 2.17. The Hall–Kier alpha value is -0.910. The summed E-state index contributed by atoms with van der Waals surface area (Å²) in [5.74, 6) is 0. The zero-order valence-electron chi connectivity index (χ0n) is 9.56. The van der Waals surface area contributed by atoms with Crippen molar-refractivity contribution in [3.63, 3.8) is 0 Å². The maximum absolute atomic E-state index is 10.9. The van der Waals surface area contributed by atoms with Crippen LogP contribution in [0.15, 0.2) is 0 Å². The number of carbonyl (C=O) groups is 1. The summed E-state index contributed by atoms with van der Waals surface area (Å²) >= 11 is 0. The van der Waals surface area contributed by atoms with Crippen LogP contribution in [0, 0.1) is 0 Å². The van der Waals surface area contributed by atoms with Crippen LogP contribution in [0.1, 0.15) is 0 Å². The molecule has 11 heteroatoms. The van der Waals surface area contributed by atoms with Gasteiger partial charge in [0.1, 0.15) is 13.2 Å². The van der Waals surface area contributed by atoms with E-state index >= 15 is 0 Å². The van der Waals surface area contributed by atoms with E-state index in [0.29, 0.717) is 0 Å². The molecule has 1 aliphatic heterocycles. The van der Waals surface area contributed by atoms with Gasteiger partial charge in [0.15, 0.2) is 12.2 Å². The Balaban J connectivity index is 2.56. The van der Waals surface area contributed by atoms with Crippen LogP contribution >= 0.6 is 0 Å². The molecule has 1 fully saturated rings. The lowest BCUT2D eigenvalue weighted by atomic mass is 10.2. The van der Waals surface area contributed by atoms with Crippen molar-refractivity contribution in [3.8, 4) is 0 Å². The zero-order valence-corrected chi connectivity index (χ0v) is 11.2. The molecule has 0 saturated carbocycles. The van der Waals surface area contributed by atoms with Gasteiger partial charge in [0.25, 0.3) is 20.2 Å². The topological polar surface area (TPSA) is 122 Å². The molecule has 0 aromatic rings. The number of rotatable bonds is 6. The molecule has 1 rings (SSSR count). The van der Waals surface area contributed by atoms with E-state index in [1.807, 2.05) is 0 Å². The van der Waals surface area contributed by atoms with Gasteiger partial charge in [-0.1, -0.05) is 0 Å². The van der Waals surface area contributed by atoms with Gasteiger partial charge < -0.3 is 9.47 Å². The van der Waals surface area contributed by atoms with Gasteiger partial charge in [0, 0.05) is 0 Å². The molecule has 0 aliphatic carbocycles. The van der Waals surface area contributed by atoms with Crippen molar-refractivity contribution < 1.29 is 39.5 Å². The highest BCUT2D eigenvalue weighted by atomic mass is 32.2.